The first-order valence-electron chi connectivity index (χ1n) is 6.97. The van der Waals surface area contributed by atoms with E-state index in [1.807, 2.05) is 13.0 Å². The number of aliphatic hydroxyl groups is 2. The van der Waals surface area contributed by atoms with Gasteiger partial charge in [-0.05, 0) is 49.9 Å². The van der Waals surface area contributed by atoms with Gasteiger partial charge in [-0.15, -0.1) is 0 Å². The molecule has 1 saturated carbocycles. The molecule has 2 rings (SSSR count). The van der Waals surface area contributed by atoms with Crippen molar-refractivity contribution in [2.75, 3.05) is 19.8 Å². The topological polar surface area (TPSA) is 61.7 Å². The van der Waals surface area contributed by atoms with Crippen LogP contribution in [0.25, 0.3) is 0 Å². The fourth-order valence-corrected chi connectivity index (χ4v) is 2.40. The maximum atomic E-state index is 9.92. The number of hydrogen-bond acceptors (Lipinski definition) is 4. The molecule has 0 radical (unpaired) electrons. The number of hydrogen-bond donors (Lipinski definition) is 3. The summed E-state index contributed by atoms with van der Waals surface area (Å²) in [4.78, 5) is 0. The van der Waals surface area contributed by atoms with Crippen molar-refractivity contribution in [2.24, 2.45) is 0 Å². The van der Waals surface area contributed by atoms with Crippen LogP contribution in [-0.4, -0.2) is 41.6 Å². The largest absolute Gasteiger partial charge is 0.491 e. The van der Waals surface area contributed by atoms with Crippen molar-refractivity contribution >= 4 is 11.6 Å². The van der Waals surface area contributed by atoms with Gasteiger partial charge in [-0.2, -0.15) is 0 Å². The van der Waals surface area contributed by atoms with Crippen molar-refractivity contribution < 1.29 is 14.9 Å². The van der Waals surface area contributed by atoms with Gasteiger partial charge in [0.25, 0.3) is 0 Å². The lowest BCUT2D eigenvalue weighted by molar-refractivity contribution is 0.0540. The van der Waals surface area contributed by atoms with Crippen LogP contribution in [0.2, 0.25) is 5.02 Å². The Morgan fingerprint density at radius 1 is 1.45 bits per heavy atom. The lowest BCUT2D eigenvalue weighted by Crippen LogP contribution is -2.56. The van der Waals surface area contributed by atoms with Crippen molar-refractivity contribution in [3.8, 4) is 5.75 Å². The zero-order chi connectivity index (χ0) is 14.6. The molecular weight excluding hydrogens is 278 g/mol. The van der Waals surface area contributed by atoms with E-state index >= 15 is 0 Å². The Morgan fingerprint density at radius 2 is 2.20 bits per heavy atom. The second kappa shape index (κ2) is 6.76. The van der Waals surface area contributed by atoms with Crippen LogP contribution in [0.3, 0.4) is 0 Å². The Hall–Kier alpha value is -0.810. The van der Waals surface area contributed by atoms with Crippen LogP contribution < -0.4 is 10.1 Å². The zero-order valence-corrected chi connectivity index (χ0v) is 12.5. The molecule has 1 aromatic rings. The maximum absolute atomic E-state index is 9.92. The summed E-state index contributed by atoms with van der Waals surface area (Å²) in [6, 6.07) is 5.42. The summed E-state index contributed by atoms with van der Waals surface area (Å²) < 4.78 is 5.54. The van der Waals surface area contributed by atoms with Crippen LogP contribution in [0.5, 0.6) is 5.75 Å². The van der Waals surface area contributed by atoms with Gasteiger partial charge in [0.05, 0.1) is 6.61 Å². The normalized spacial score (nSPS) is 18.4. The highest BCUT2D eigenvalue weighted by molar-refractivity contribution is 6.31. The van der Waals surface area contributed by atoms with Crippen LogP contribution in [0.15, 0.2) is 18.2 Å². The number of β-amino-alcohol motifs (C(OH)–C–C–N with tert-alkyl or cyclic N) is 1. The molecular formula is C15H22ClNO3. The van der Waals surface area contributed by atoms with E-state index in [1.54, 1.807) is 12.1 Å². The van der Waals surface area contributed by atoms with Crippen LogP contribution in [0.1, 0.15) is 24.8 Å². The molecule has 20 heavy (non-hydrogen) atoms. The SMILES string of the molecule is Cc1cc(OCC(O)CNC2(CO)CCC2)ccc1Cl. The molecule has 1 aliphatic carbocycles. The molecule has 1 fully saturated rings. The van der Waals surface area contributed by atoms with Crippen LogP contribution in [0.4, 0.5) is 0 Å². The fourth-order valence-electron chi connectivity index (χ4n) is 2.29. The Morgan fingerprint density at radius 3 is 2.75 bits per heavy atom. The van der Waals surface area contributed by atoms with E-state index in [-0.39, 0.29) is 18.8 Å². The molecule has 1 atom stereocenters. The summed E-state index contributed by atoms with van der Waals surface area (Å²) in [5, 5.41) is 23.2. The minimum absolute atomic E-state index is 0.122. The van der Waals surface area contributed by atoms with Crippen molar-refractivity contribution in [1.29, 1.82) is 0 Å². The lowest BCUT2D eigenvalue weighted by Gasteiger charge is -2.41. The summed E-state index contributed by atoms with van der Waals surface area (Å²) in [6.07, 6.45) is 2.46. The van der Waals surface area contributed by atoms with Crippen molar-refractivity contribution in [3.05, 3.63) is 28.8 Å². The number of halogens is 1. The predicted molar refractivity (Wildman–Crippen MR) is 79.4 cm³/mol. The minimum Gasteiger partial charge on any atom is -0.491 e. The third kappa shape index (κ3) is 3.85. The third-order valence-electron chi connectivity index (χ3n) is 3.90. The Balaban J connectivity index is 1.74. The number of aliphatic hydroxyl groups excluding tert-OH is 2. The highest BCUT2D eigenvalue weighted by atomic mass is 35.5. The highest BCUT2D eigenvalue weighted by Gasteiger charge is 2.35. The summed E-state index contributed by atoms with van der Waals surface area (Å²) in [6.45, 7) is 2.68. The molecule has 3 N–H and O–H groups in total. The third-order valence-corrected chi connectivity index (χ3v) is 4.32. The Labute approximate surface area is 124 Å². The van der Waals surface area contributed by atoms with Crippen molar-refractivity contribution in [2.45, 2.75) is 37.8 Å². The number of aryl methyl sites for hydroxylation is 1. The molecule has 0 aliphatic heterocycles. The highest BCUT2D eigenvalue weighted by Crippen LogP contribution is 2.31. The molecule has 1 aromatic carbocycles. The monoisotopic (exact) mass is 299 g/mol. The van der Waals surface area contributed by atoms with Gasteiger partial charge < -0.3 is 20.3 Å². The molecule has 0 bridgehead atoms. The molecule has 4 nitrogen and oxygen atoms in total. The summed E-state index contributed by atoms with van der Waals surface area (Å²) >= 11 is 5.94. The predicted octanol–water partition coefficient (Wildman–Crippen LogP) is 1.89. The van der Waals surface area contributed by atoms with Gasteiger partial charge in [-0.1, -0.05) is 11.6 Å². The molecule has 0 heterocycles. The van der Waals surface area contributed by atoms with Gasteiger partial charge in [0.2, 0.25) is 0 Å². The first-order chi connectivity index (χ1) is 9.54. The number of rotatable bonds is 7. The summed E-state index contributed by atoms with van der Waals surface area (Å²) in [5.74, 6) is 0.700. The maximum Gasteiger partial charge on any atom is 0.119 e. The lowest BCUT2D eigenvalue weighted by atomic mass is 9.77. The average molecular weight is 300 g/mol. The van der Waals surface area contributed by atoms with Gasteiger partial charge in [0.1, 0.15) is 18.5 Å². The van der Waals surface area contributed by atoms with Gasteiger partial charge in [0, 0.05) is 17.1 Å². The molecule has 0 saturated heterocycles. The summed E-state index contributed by atoms with van der Waals surface area (Å²) in [7, 11) is 0. The van der Waals surface area contributed by atoms with E-state index in [9.17, 15) is 10.2 Å². The van der Waals surface area contributed by atoms with Crippen molar-refractivity contribution in [1.82, 2.24) is 5.32 Å². The van der Waals surface area contributed by atoms with Crippen LogP contribution in [0, 0.1) is 6.92 Å². The van der Waals surface area contributed by atoms with Gasteiger partial charge >= 0.3 is 0 Å². The van der Waals surface area contributed by atoms with Crippen LogP contribution in [-0.2, 0) is 0 Å². The van der Waals surface area contributed by atoms with Crippen molar-refractivity contribution in [3.63, 3.8) is 0 Å². The fraction of sp³-hybridized carbons (Fsp3) is 0.600. The van der Waals surface area contributed by atoms with E-state index in [1.165, 1.54) is 0 Å². The molecule has 1 unspecified atom stereocenters. The molecule has 5 heteroatoms. The number of nitrogens with one attached hydrogen (secondary N) is 1. The quantitative estimate of drug-likeness (QED) is 0.719. The van der Waals surface area contributed by atoms with Gasteiger partial charge in [0.15, 0.2) is 0 Å². The first kappa shape index (κ1) is 15.6. The Kier molecular flexibility index (Phi) is 5.27. The van der Waals surface area contributed by atoms with E-state index < -0.39 is 6.10 Å². The van der Waals surface area contributed by atoms with E-state index in [0.29, 0.717) is 17.3 Å². The van der Waals surface area contributed by atoms with E-state index in [0.717, 1.165) is 24.8 Å². The zero-order valence-electron chi connectivity index (χ0n) is 11.7. The van der Waals surface area contributed by atoms with E-state index in [4.69, 9.17) is 16.3 Å². The standard InChI is InChI=1S/C15H22ClNO3/c1-11-7-13(3-4-14(11)16)20-9-12(19)8-17-15(10-18)5-2-6-15/h3-4,7,12,17-19H,2,5-6,8-10H2,1H3. The first-order valence-corrected chi connectivity index (χ1v) is 7.35. The average Bonchev–Trinajstić information content (AvgIpc) is 2.39. The molecule has 0 spiro atoms. The number of ether oxygens (including phenoxy) is 1. The smallest absolute Gasteiger partial charge is 0.119 e. The molecule has 0 amide bonds. The van der Waals surface area contributed by atoms with Gasteiger partial charge in [-0.25, -0.2) is 0 Å². The minimum atomic E-state index is -0.602. The second-order valence-corrected chi connectivity index (χ2v) is 5.96. The van der Waals surface area contributed by atoms with Gasteiger partial charge in [-0.3, -0.25) is 0 Å². The summed E-state index contributed by atoms with van der Waals surface area (Å²) in [5.41, 5.74) is 0.767. The molecule has 1 aliphatic rings. The molecule has 0 aromatic heterocycles. The van der Waals surface area contributed by atoms with E-state index in [2.05, 4.69) is 5.32 Å². The molecule has 112 valence electrons. The Bertz CT molecular complexity index is 443. The number of benzene rings is 1. The van der Waals surface area contributed by atoms with Crippen LogP contribution >= 0.6 is 11.6 Å². The second-order valence-electron chi connectivity index (χ2n) is 5.55.